The summed E-state index contributed by atoms with van der Waals surface area (Å²) in [6.07, 6.45) is 4.43. The van der Waals surface area contributed by atoms with Crippen LogP contribution in [-0.4, -0.2) is 28.7 Å². The van der Waals surface area contributed by atoms with E-state index in [-0.39, 0.29) is 5.91 Å². The molecule has 0 spiro atoms. The number of piperidine rings is 1. The minimum Gasteiger partial charge on any atom is -0.469 e. The number of halogens is 1. The molecule has 0 unspecified atom stereocenters. The SMILES string of the molecule is CCc1occc1C(=O)N1CCC(Br)CC1. The topological polar surface area (TPSA) is 33.5 Å². The van der Waals surface area contributed by atoms with Crippen LogP contribution in [-0.2, 0) is 6.42 Å². The van der Waals surface area contributed by atoms with Gasteiger partial charge in [0, 0.05) is 24.3 Å². The zero-order valence-corrected chi connectivity index (χ0v) is 11.0. The van der Waals surface area contributed by atoms with E-state index in [4.69, 9.17) is 4.42 Å². The Balaban J connectivity index is 2.07. The molecule has 0 aliphatic carbocycles. The average molecular weight is 286 g/mol. The maximum atomic E-state index is 12.2. The fourth-order valence-electron chi connectivity index (χ4n) is 2.03. The molecule has 2 rings (SSSR count). The first-order valence-corrected chi connectivity index (χ1v) is 6.63. The second-order valence-electron chi connectivity index (χ2n) is 4.08. The van der Waals surface area contributed by atoms with Crippen molar-refractivity contribution in [2.75, 3.05) is 13.1 Å². The van der Waals surface area contributed by atoms with Crippen LogP contribution in [0.1, 0.15) is 35.9 Å². The first-order chi connectivity index (χ1) is 7.72. The molecule has 3 nitrogen and oxygen atoms in total. The van der Waals surface area contributed by atoms with Gasteiger partial charge in [-0.05, 0) is 18.9 Å². The van der Waals surface area contributed by atoms with Crippen LogP contribution in [0.25, 0.3) is 0 Å². The molecule has 0 radical (unpaired) electrons. The fourth-order valence-corrected chi connectivity index (χ4v) is 2.44. The summed E-state index contributed by atoms with van der Waals surface area (Å²) in [4.78, 5) is 14.7. The van der Waals surface area contributed by atoms with Crippen LogP contribution in [0.5, 0.6) is 0 Å². The molecule has 1 saturated heterocycles. The van der Waals surface area contributed by atoms with Gasteiger partial charge in [0.1, 0.15) is 5.76 Å². The number of hydrogen-bond donors (Lipinski definition) is 0. The lowest BCUT2D eigenvalue weighted by Gasteiger charge is -2.29. The minimum absolute atomic E-state index is 0.116. The first-order valence-electron chi connectivity index (χ1n) is 5.72. The Morgan fingerprint density at radius 3 is 2.88 bits per heavy atom. The minimum atomic E-state index is 0.116. The molecule has 1 aromatic rings. The number of hydrogen-bond acceptors (Lipinski definition) is 2. The Kier molecular flexibility index (Phi) is 3.69. The van der Waals surface area contributed by atoms with Gasteiger partial charge in [-0.2, -0.15) is 0 Å². The lowest BCUT2D eigenvalue weighted by Crippen LogP contribution is -2.38. The molecule has 88 valence electrons. The van der Waals surface area contributed by atoms with Gasteiger partial charge in [-0.15, -0.1) is 0 Å². The molecule has 0 aromatic carbocycles. The van der Waals surface area contributed by atoms with Crippen molar-refractivity contribution >= 4 is 21.8 Å². The summed E-state index contributed by atoms with van der Waals surface area (Å²) in [5, 5.41) is 0. The summed E-state index contributed by atoms with van der Waals surface area (Å²) in [5.41, 5.74) is 0.732. The van der Waals surface area contributed by atoms with Crippen molar-refractivity contribution in [2.24, 2.45) is 0 Å². The maximum absolute atomic E-state index is 12.2. The molecule has 4 heteroatoms. The van der Waals surface area contributed by atoms with Gasteiger partial charge in [0.15, 0.2) is 0 Å². The van der Waals surface area contributed by atoms with E-state index in [1.165, 1.54) is 0 Å². The third-order valence-electron chi connectivity index (χ3n) is 3.01. The lowest BCUT2D eigenvalue weighted by molar-refractivity contribution is 0.0726. The Morgan fingerprint density at radius 1 is 1.56 bits per heavy atom. The van der Waals surface area contributed by atoms with Crippen molar-refractivity contribution in [1.29, 1.82) is 0 Å². The highest BCUT2D eigenvalue weighted by Gasteiger charge is 2.24. The number of rotatable bonds is 2. The number of furan rings is 1. The third kappa shape index (κ3) is 2.32. The molecule has 0 N–H and O–H groups in total. The summed E-state index contributed by atoms with van der Waals surface area (Å²) >= 11 is 3.59. The van der Waals surface area contributed by atoms with Crippen LogP contribution in [0.2, 0.25) is 0 Å². The molecular formula is C12H16BrNO2. The van der Waals surface area contributed by atoms with Crippen LogP contribution >= 0.6 is 15.9 Å². The Morgan fingerprint density at radius 2 is 2.25 bits per heavy atom. The molecule has 1 amide bonds. The molecule has 1 aliphatic heterocycles. The van der Waals surface area contributed by atoms with E-state index in [2.05, 4.69) is 15.9 Å². The second-order valence-corrected chi connectivity index (χ2v) is 5.37. The van der Waals surface area contributed by atoms with Crippen LogP contribution in [0.15, 0.2) is 16.7 Å². The van der Waals surface area contributed by atoms with Crippen molar-refractivity contribution < 1.29 is 9.21 Å². The molecule has 0 saturated carbocycles. The molecule has 2 heterocycles. The molecule has 16 heavy (non-hydrogen) atoms. The van der Waals surface area contributed by atoms with Gasteiger partial charge in [0.25, 0.3) is 5.91 Å². The Labute approximate surface area is 104 Å². The summed E-state index contributed by atoms with van der Waals surface area (Å²) < 4.78 is 5.29. The molecule has 0 atom stereocenters. The first kappa shape index (κ1) is 11.7. The molecule has 0 bridgehead atoms. The summed E-state index contributed by atoms with van der Waals surface area (Å²) in [7, 11) is 0. The van der Waals surface area contributed by atoms with E-state index in [0.717, 1.165) is 43.7 Å². The normalized spacial score (nSPS) is 17.8. The van der Waals surface area contributed by atoms with Gasteiger partial charge in [-0.1, -0.05) is 22.9 Å². The summed E-state index contributed by atoms with van der Waals surface area (Å²) in [6, 6.07) is 1.78. The van der Waals surface area contributed by atoms with Gasteiger partial charge in [-0.3, -0.25) is 4.79 Å². The zero-order chi connectivity index (χ0) is 11.5. The van der Waals surface area contributed by atoms with Gasteiger partial charge >= 0.3 is 0 Å². The quantitative estimate of drug-likeness (QED) is 0.783. The van der Waals surface area contributed by atoms with E-state index >= 15 is 0 Å². The average Bonchev–Trinajstić information content (AvgIpc) is 2.77. The van der Waals surface area contributed by atoms with Gasteiger partial charge < -0.3 is 9.32 Å². The number of nitrogens with zero attached hydrogens (tertiary/aromatic N) is 1. The number of carbonyl (C=O) groups is 1. The summed E-state index contributed by atoms with van der Waals surface area (Å²) in [6.45, 7) is 3.67. The molecular weight excluding hydrogens is 270 g/mol. The van der Waals surface area contributed by atoms with Crippen LogP contribution in [0.3, 0.4) is 0 Å². The number of alkyl halides is 1. The number of carbonyl (C=O) groups excluding carboxylic acids is 1. The van der Waals surface area contributed by atoms with Gasteiger partial charge in [0.05, 0.1) is 11.8 Å². The van der Waals surface area contributed by atoms with Crippen LogP contribution in [0.4, 0.5) is 0 Å². The lowest BCUT2D eigenvalue weighted by atomic mass is 10.1. The van der Waals surface area contributed by atoms with Crippen molar-refractivity contribution in [2.45, 2.75) is 31.0 Å². The van der Waals surface area contributed by atoms with Crippen molar-refractivity contribution in [3.05, 3.63) is 23.7 Å². The van der Waals surface area contributed by atoms with E-state index < -0.39 is 0 Å². The van der Waals surface area contributed by atoms with E-state index in [1.807, 2.05) is 11.8 Å². The van der Waals surface area contributed by atoms with E-state index in [0.29, 0.717) is 4.83 Å². The molecule has 1 aliphatic rings. The third-order valence-corrected chi connectivity index (χ3v) is 3.92. The predicted octanol–water partition coefficient (Wildman–Crippen LogP) is 2.84. The Bertz CT molecular complexity index is 367. The predicted molar refractivity (Wildman–Crippen MR) is 65.9 cm³/mol. The smallest absolute Gasteiger partial charge is 0.257 e. The second kappa shape index (κ2) is 5.04. The van der Waals surface area contributed by atoms with E-state index in [1.54, 1.807) is 12.3 Å². The number of aryl methyl sites for hydroxylation is 1. The molecule has 1 aromatic heterocycles. The summed E-state index contributed by atoms with van der Waals surface area (Å²) in [5.74, 6) is 0.913. The molecule has 1 fully saturated rings. The highest BCUT2D eigenvalue weighted by molar-refractivity contribution is 9.09. The standard InChI is InChI=1S/C12H16BrNO2/c1-2-11-10(5-8-16-11)12(15)14-6-3-9(13)4-7-14/h5,8-9H,2-4,6-7H2,1H3. The van der Waals surface area contributed by atoms with Gasteiger partial charge in [-0.25, -0.2) is 0 Å². The fraction of sp³-hybridized carbons (Fsp3) is 0.583. The number of likely N-dealkylation sites (tertiary alicyclic amines) is 1. The highest BCUT2D eigenvalue weighted by Crippen LogP contribution is 2.21. The Hall–Kier alpha value is -0.770. The zero-order valence-electron chi connectivity index (χ0n) is 9.41. The van der Waals surface area contributed by atoms with Crippen LogP contribution in [0, 0.1) is 0 Å². The van der Waals surface area contributed by atoms with Crippen molar-refractivity contribution in [3.8, 4) is 0 Å². The van der Waals surface area contributed by atoms with E-state index in [9.17, 15) is 4.79 Å². The van der Waals surface area contributed by atoms with Crippen molar-refractivity contribution in [3.63, 3.8) is 0 Å². The van der Waals surface area contributed by atoms with Crippen molar-refractivity contribution in [1.82, 2.24) is 4.90 Å². The van der Waals surface area contributed by atoms with Crippen LogP contribution < -0.4 is 0 Å². The largest absolute Gasteiger partial charge is 0.469 e. The maximum Gasteiger partial charge on any atom is 0.257 e. The van der Waals surface area contributed by atoms with Gasteiger partial charge in [0.2, 0.25) is 0 Å². The highest BCUT2D eigenvalue weighted by atomic mass is 79.9. The number of amides is 1. The monoisotopic (exact) mass is 285 g/mol.